The van der Waals surface area contributed by atoms with Gasteiger partial charge in [0.2, 0.25) is 0 Å². The molecule has 5 heteroatoms. The van der Waals surface area contributed by atoms with Gasteiger partial charge in [0.1, 0.15) is 0 Å². The summed E-state index contributed by atoms with van der Waals surface area (Å²) in [6, 6.07) is 0. The molecular weight excluding hydrogens is 282 g/mol. The number of oxime groups is 1. The summed E-state index contributed by atoms with van der Waals surface area (Å²) >= 11 is 0. The van der Waals surface area contributed by atoms with E-state index in [1.165, 1.54) is 5.57 Å². The van der Waals surface area contributed by atoms with Crippen LogP contribution < -0.4 is 0 Å². The van der Waals surface area contributed by atoms with Crippen molar-refractivity contribution >= 4 is 11.7 Å². The molecule has 0 saturated carbocycles. The summed E-state index contributed by atoms with van der Waals surface area (Å²) in [7, 11) is 0. The Hall–Kier alpha value is -2.06. The zero-order valence-electron chi connectivity index (χ0n) is 12.8. The van der Waals surface area contributed by atoms with Crippen LogP contribution in [0.15, 0.2) is 29.0 Å². The minimum Gasteiger partial charge on any atom is -0.461 e. The molecule has 5 nitrogen and oxygen atoms in total. The van der Waals surface area contributed by atoms with Gasteiger partial charge in [0, 0.05) is 19.3 Å². The zero-order chi connectivity index (χ0) is 15.6. The highest BCUT2D eigenvalue weighted by Crippen LogP contribution is 2.13. The van der Waals surface area contributed by atoms with Gasteiger partial charge in [0.05, 0.1) is 19.8 Å². The third-order valence-corrected chi connectivity index (χ3v) is 3.23. The Bertz CT molecular complexity index is 537. The molecule has 0 bridgehead atoms. The number of carbonyl (C=O) groups excluding carboxylic acids is 1. The van der Waals surface area contributed by atoms with E-state index >= 15 is 0 Å². The van der Waals surface area contributed by atoms with E-state index in [2.05, 4.69) is 35.2 Å². The molecule has 2 rings (SSSR count). The average molecular weight is 303 g/mol. The zero-order valence-corrected chi connectivity index (χ0v) is 12.8. The second kappa shape index (κ2) is 9.06. The number of rotatable bonds is 7. The molecule has 0 fully saturated rings. The first-order chi connectivity index (χ1) is 10.8. The molecule has 0 saturated heterocycles. The monoisotopic (exact) mass is 303 g/mol. The predicted molar refractivity (Wildman–Crippen MR) is 83.2 cm³/mol. The first kappa shape index (κ1) is 16.3. The molecule has 1 aliphatic carbocycles. The molecule has 1 unspecified atom stereocenters. The summed E-state index contributed by atoms with van der Waals surface area (Å²) in [4.78, 5) is 16.7. The van der Waals surface area contributed by atoms with Crippen molar-refractivity contribution in [1.29, 1.82) is 0 Å². The van der Waals surface area contributed by atoms with Crippen molar-refractivity contribution in [2.24, 2.45) is 5.16 Å². The molecule has 0 aromatic heterocycles. The van der Waals surface area contributed by atoms with Crippen LogP contribution in [0.25, 0.3) is 0 Å². The van der Waals surface area contributed by atoms with E-state index in [0.717, 1.165) is 19.3 Å². The van der Waals surface area contributed by atoms with E-state index in [9.17, 15) is 4.79 Å². The maximum absolute atomic E-state index is 11.5. The van der Waals surface area contributed by atoms with Gasteiger partial charge < -0.3 is 14.3 Å². The van der Waals surface area contributed by atoms with Crippen LogP contribution in [0.5, 0.6) is 0 Å². The summed E-state index contributed by atoms with van der Waals surface area (Å²) in [6.07, 6.45) is 8.98. The van der Waals surface area contributed by atoms with Gasteiger partial charge in [-0.25, -0.2) is 4.79 Å². The molecule has 0 aromatic rings. The predicted octanol–water partition coefficient (Wildman–Crippen LogP) is 2.38. The highest BCUT2D eigenvalue weighted by molar-refractivity contribution is 6.36. The van der Waals surface area contributed by atoms with Gasteiger partial charge in [0.25, 0.3) is 0 Å². The van der Waals surface area contributed by atoms with Gasteiger partial charge in [-0.3, -0.25) is 0 Å². The quantitative estimate of drug-likeness (QED) is 0.412. The summed E-state index contributed by atoms with van der Waals surface area (Å²) in [6.45, 7) is 3.13. The van der Waals surface area contributed by atoms with Crippen molar-refractivity contribution in [3.8, 4) is 11.8 Å². The van der Waals surface area contributed by atoms with Crippen LogP contribution in [0.1, 0.15) is 32.6 Å². The van der Waals surface area contributed by atoms with Gasteiger partial charge in [-0.15, -0.1) is 0 Å². The summed E-state index contributed by atoms with van der Waals surface area (Å²) in [5, 5.41) is 3.75. The standard InChI is InChI=1S/C17H21NO4/c1-2-21-17(19)16-12-15(22-18-16)13-20-11-10-14-8-6-4-3-5-7-9-14/h6,8-9,15H,2,4,7,10-13H2,1H3. The van der Waals surface area contributed by atoms with Gasteiger partial charge in [-0.05, 0) is 18.9 Å². The van der Waals surface area contributed by atoms with E-state index in [0.29, 0.717) is 32.0 Å². The number of allylic oxidation sites excluding steroid dienone is 3. The molecule has 0 aromatic carbocycles. The molecule has 1 heterocycles. The minimum absolute atomic E-state index is 0.202. The molecule has 0 radical (unpaired) electrons. The number of esters is 1. The first-order valence-electron chi connectivity index (χ1n) is 7.58. The molecular formula is C17H21NO4. The third kappa shape index (κ3) is 5.38. The Morgan fingerprint density at radius 2 is 2.32 bits per heavy atom. The molecule has 0 amide bonds. The fourth-order valence-electron chi connectivity index (χ4n) is 2.11. The van der Waals surface area contributed by atoms with Crippen LogP contribution in [0.3, 0.4) is 0 Å². The largest absolute Gasteiger partial charge is 0.461 e. The highest BCUT2D eigenvalue weighted by Gasteiger charge is 2.27. The topological polar surface area (TPSA) is 57.1 Å². The minimum atomic E-state index is -0.407. The number of ether oxygens (including phenoxy) is 2. The van der Waals surface area contributed by atoms with E-state index in [1.54, 1.807) is 6.92 Å². The smallest absolute Gasteiger partial charge is 0.356 e. The SMILES string of the molecule is CCOC(=O)C1=NOC(COCCC2=CCC#CCC=C2)C1. The molecule has 2 aliphatic rings. The lowest BCUT2D eigenvalue weighted by atomic mass is 10.1. The number of nitrogens with zero attached hydrogens (tertiary/aromatic N) is 1. The van der Waals surface area contributed by atoms with Crippen LogP contribution in [0.4, 0.5) is 0 Å². The second-order valence-electron chi connectivity index (χ2n) is 4.96. The summed E-state index contributed by atoms with van der Waals surface area (Å²) < 4.78 is 10.5. The number of carbonyl (C=O) groups is 1. The van der Waals surface area contributed by atoms with E-state index < -0.39 is 5.97 Å². The van der Waals surface area contributed by atoms with Gasteiger partial charge in [0.15, 0.2) is 11.8 Å². The Kier molecular flexibility index (Phi) is 6.72. The Morgan fingerprint density at radius 3 is 3.18 bits per heavy atom. The van der Waals surface area contributed by atoms with Gasteiger partial charge >= 0.3 is 5.97 Å². The second-order valence-corrected chi connectivity index (χ2v) is 4.96. The molecule has 118 valence electrons. The van der Waals surface area contributed by atoms with E-state index in [-0.39, 0.29) is 6.10 Å². The van der Waals surface area contributed by atoms with Crippen LogP contribution in [-0.4, -0.2) is 37.6 Å². The lowest BCUT2D eigenvalue weighted by Gasteiger charge is -2.09. The molecule has 1 aliphatic heterocycles. The fraction of sp³-hybridized carbons (Fsp3) is 0.529. The van der Waals surface area contributed by atoms with Crippen LogP contribution >= 0.6 is 0 Å². The maximum Gasteiger partial charge on any atom is 0.356 e. The number of hydrogen-bond donors (Lipinski definition) is 0. The van der Waals surface area contributed by atoms with Crippen molar-refractivity contribution < 1.29 is 19.1 Å². The lowest BCUT2D eigenvalue weighted by Crippen LogP contribution is -2.21. The van der Waals surface area contributed by atoms with E-state index in [4.69, 9.17) is 14.3 Å². The Labute approximate surface area is 131 Å². The normalized spacial score (nSPS) is 20.0. The van der Waals surface area contributed by atoms with Crippen molar-refractivity contribution in [2.75, 3.05) is 19.8 Å². The molecule has 0 N–H and O–H groups in total. The van der Waals surface area contributed by atoms with Crippen molar-refractivity contribution in [2.45, 2.75) is 38.7 Å². The van der Waals surface area contributed by atoms with Crippen molar-refractivity contribution in [1.82, 2.24) is 0 Å². The molecule has 22 heavy (non-hydrogen) atoms. The van der Waals surface area contributed by atoms with Crippen LogP contribution in [0, 0.1) is 11.8 Å². The van der Waals surface area contributed by atoms with Crippen LogP contribution in [-0.2, 0) is 19.1 Å². The summed E-state index contributed by atoms with van der Waals surface area (Å²) in [5.74, 6) is 5.73. The Balaban J connectivity index is 1.62. The first-order valence-corrected chi connectivity index (χ1v) is 7.58. The lowest BCUT2D eigenvalue weighted by molar-refractivity contribution is -0.135. The van der Waals surface area contributed by atoms with Crippen molar-refractivity contribution in [3.63, 3.8) is 0 Å². The molecule has 1 atom stereocenters. The average Bonchev–Trinajstić information content (AvgIpc) is 2.94. The number of hydrogen-bond acceptors (Lipinski definition) is 5. The van der Waals surface area contributed by atoms with Crippen LogP contribution in [0.2, 0.25) is 0 Å². The molecule has 0 spiro atoms. The summed E-state index contributed by atoms with van der Waals surface area (Å²) in [5.41, 5.74) is 1.57. The van der Waals surface area contributed by atoms with E-state index in [1.807, 2.05) is 0 Å². The van der Waals surface area contributed by atoms with Gasteiger partial charge in [-0.1, -0.05) is 35.2 Å². The fourth-order valence-corrected chi connectivity index (χ4v) is 2.11. The van der Waals surface area contributed by atoms with Crippen molar-refractivity contribution in [3.05, 3.63) is 23.8 Å². The maximum atomic E-state index is 11.5. The third-order valence-electron chi connectivity index (χ3n) is 3.23. The highest BCUT2D eigenvalue weighted by atomic mass is 16.7. The van der Waals surface area contributed by atoms with Gasteiger partial charge in [-0.2, -0.15) is 0 Å². The Morgan fingerprint density at radius 1 is 1.45 bits per heavy atom.